The number of benzene rings is 2. The van der Waals surface area contributed by atoms with E-state index < -0.39 is 18.1 Å². The van der Waals surface area contributed by atoms with Gasteiger partial charge in [0.2, 0.25) is 0 Å². The smallest absolute Gasteiger partial charge is 0.254 e. The fraction of sp³-hybridized carbons (Fsp3) is 0.387. The van der Waals surface area contributed by atoms with E-state index >= 15 is 0 Å². The molecule has 2 aromatic carbocycles. The largest absolute Gasteiger partial charge is 0.382 e. The van der Waals surface area contributed by atoms with Gasteiger partial charge in [-0.3, -0.25) is 9.80 Å². The fourth-order valence-corrected chi connectivity index (χ4v) is 3.70. The zero-order valence-corrected chi connectivity index (χ0v) is 24.8. The summed E-state index contributed by atoms with van der Waals surface area (Å²) >= 11 is 0. The number of nitrogens with zero attached hydrogens (tertiary/aromatic N) is 4. The number of carbonyl (C=O) groups excluding carboxylic acids is 2. The molecule has 3 unspecified atom stereocenters. The molecule has 1 aromatic heterocycles. The second kappa shape index (κ2) is 20.1. The predicted molar refractivity (Wildman–Crippen MR) is 164 cm³/mol. The Balaban J connectivity index is 0.000000301. The van der Waals surface area contributed by atoms with Crippen molar-refractivity contribution < 1.29 is 19.8 Å². The first-order valence-electron chi connectivity index (χ1n) is 13.9. The van der Waals surface area contributed by atoms with Gasteiger partial charge in [-0.1, -0.05) is 50.3 Å². The number of aromatic nitrogens is 2. The summed E-state index contributed by atoms with van der Waals surface area (Å²) in [5.41, 5.74) is 3.34. The quantitative estimate of drug-likeness (QED) is 0.184. The van der Waals surface area contributed by atoms with Crippen molar-refractivity contribution in [1.29, 1.82) is 0 Å². The Morgan fingerprint density at radius 2 is 1.66 bits per heavy atom. The van der Waals surface area contributed by atoms with E-state index in [-0.39, 0.29) is 6.29 Å². The molecule has 1 aliphatic rings. The summed E-state index contributed by atoms with van der Waals surface area (Å²) in [6, 6.07) is 20.5. The predicted octanol–water partition coefficient (Wildman–Crippen LogP) is 3.61. The van der Waals surface area contributed by atoms with Gasteiger partial charge in [-0.05, 0) is 69.6 Å². The lowest BCUT2D eigenvalue weighted by molar-refractivity contribution is -0.147. The van der Waals surface area contributed by atoms with E-state index in [9.17, 15) is 14.7 Å². The van der Waals surface area contributed by atoms with Crippen LogP contribution in [0.1, 0.15) is 52.1 Å². The number of amides is 1. The summed E-state index contributed by atoms with van der Waals surface area (Å²) in [5, 5.41) is 27.0. The Hall–Kier alpha value is -3.83. The topological polar surface area (TPSA) is 137 Å². The van der Waals surface area contributed by atoms with Crippen LogP contribution in [-0.2, 0) is 9.59 Å². The van der Waals surface area contributed by atoms with Crippen LogP contribution in [0.5, 0.6) is 0 Å². The Kier molecular flexibility index (Phi) is 17.3. The number of aliphatic hydroxyl groups is 2. The maximum atomic E-state index is 11.3. The molecule has 1 fully saturated rings. The molecule has 224 valence electrons. The first kappa shape index (κ1) is 35.2. The Morgan fingerprint density at radius 3 is 2.15 bits per heavy atom. The summed E-state index contributed by atoms with van der Waals surface area (Å²) in [7, 11) is 1.95. The van der Waals surface area contributed by atoms with Crippen LogP contribution in [0.3, 0.4) is 0 Å². The average Bonchev–Trinajstić information content (AvgIpc) is 3.77. The molecule has 5 N–H and O–H groups in total. The number of nitrogens with two attached hydrogens (primary N) is 1. The molecule has 10 nitrogen and oxygen atoms in total. The lowest BCUT2D eigenvalue weighted by Crippen LogP contribution is -2.44. The Bertz CT molecular complexity index is 1120. The molecule has 1 aliphatic heterocycles. The molecule has 10 heteroatoms. The van der Waals surface area contributed by atoms with Crippen molar-refractivity contribution in [3.63, 3.8) is 0 Å². The van der Waals surface area contributed by atoms with Crippen molar-refractivity contribution in [1.82, 2.24) is 20.0 Å². The van der Waals surface area contributed by atoms with Gasteiger partial charge in [-0.25, -0.2) is 10.5 Å². The van der Waals surface area contributed by atoms with Crippen molar-refractivity contribution in [2.24, 2.45) is 5.84 Å². The van der Waals surface area contributed by atoms with E-state index in [2.05, 4.69) is 29.5 Å². The highest BCUT2D eigenvalue weighted by Crippen LogP contribution is 2.17. The van der Waals surface area contributed by atoms with E-state index in [0.29, 0.717) is 19.1 Å². The number of likely N-dealkylation sites (tertiary alicyclic amines) is 1. The molecular weight excluding hydrogens is 520 g/mol. The molecule has 0 radical (unpaired) electrons. The number of hydrogen-bond donors (Lipinski definition) is 4. The van der Waals surface area contributed by atoms with Crippen LogP contribution in [-0.4, -0.2) is 69.4 Å². The highest BCUT2D eigenvalue weighted by atomic mass is 16.3. The van der Waals surface area contributed by atoms with Crippen molar-refractivity contribution >= 4 is 17.9 Å². The van der Waals surface area contributed by atoms with Gasteiger partial charge < -0.3 is 25.2 Å². The summed E-state index contributed by atoms with van der Waals surface area (Å²) in [6.45, 7) is 9.27. The number of nitrogens with one attached hydrogen (secondary N) is 1. The number of anilines is 1. The monoisotopic (exact) mass is 566 g/mol. The molecule has 0 aliphatic carbocycles. The average molecular weight is 567 g/mol. The Morgan fingerprint density at radius 1 is 1.05 bits per heavy atom. The number of hydrogen-bond acceptors (Lipinski definition) is 8. The number of carbonyl (C=O) groups is 2. The zero-order valence-electron chi connectivity index (χ0n) is 24.8. The summed E-state index contributed by atoms with van der Waals surface area (Å²) < 4.78 is 1.83. The minimum absolute atomic E-state index is 0.165. The van der Waals surface area contributed by atoms with E-state index in [1.807, 2.05) is 99.5 Å². The first-order chi connectivity index (χ1) is 19.8. The van der Waals surface area contributed by atoms with Gasteiger partial charge >= 0.3 is 0 Å². The Labute approximate surface area is 244 Å². The summed E-state index contributed by atoms with van der Waals surface area (Å²) in [4.78, 5) is 22.8. The van der Waals surface area contributed by atoms with Gasteiger partial charge in [0.1, 0.15) is 6.10 Å². The van der Waals surface area contributed by atoms with Crippen LogP contribution < -0.4 is 16.2 Å². The fourth-order valence-electron chi connectivity index (χ4n) is 3.70. The number of hydrazine groups is 1. The molecule has 3 aromatic rings. The number of para-hydroxylation sites is 1. The van der Waals surface area contributed by atoms with Crippen molar-refractivity contribution in [2.45, 2.75) is 58.8 Å². The highest BCUT2D eigenvalue weighted by molar-refractivity contribution is 5.84. The lowest BCUT2D eigenvalue weighted by atomic mass is 10.1. The normalized spacial score (nSPS) is 14.3. The molecule has 1 saturated heterocycles. The minimum atomic E-state index is -1.60. The van der Waals surface area contributed by atoms with E-state index in [0.717, 1.165) is 24.2 Å². The van der Waals surface area contributed by atoms with E-state index in [1.165, 1.54) is 10.5 Å². The van der Waals surface area contributed by atoms with Gasteiger partial charge in [-0.2, -0.15) is 5.10 Å². The third kappa shape index (κ3) is 12.1. The number of rotatable bonds is 8. The van der Waals surface area contributed by atoms with Gasteiger partial charge in [0.25, 0.3) is 5.91 Å². The zero-order chi connectivity index (χ0) is 30.6. The van der Waals surface area contributed by atoms with Crippen LogP contribution in [0, 0.1) is 0 Å². The molecule has 1 amide bonds. The molecule has 0 saturated carbocycles. The maximum absolute atomic E-state index is 11.3. The highest BCUT2D eigenvalue weighted by Gasteiger charge is 2.29. The first-order valence-corrected chi connectivity index (χ1v) is 13.9. The third-order valence-electron chi connectivity index (χ3n) is 6.09. The number of aldehydes is 1. The standard InChI is InChI=1S/C12H19N3.C9H8N2.C8H13NO4.C2H6/c1-4-9-15(13)12-7-5-11(6-8-12)10(2)14-3;1-2-5-9(6-3-1)11-8-4-7-10-11;10-5-6(11)7(12)8(13)9-3-1-2-4-9;1-2/h4-10,14H,13H2,1-3H3;1-8H;5-7,11-12H,1-4H2;1-2H3/b9-4-;;;. The van der Waals surface area contributed by atoms with Crippen LogP contribution in [0.2, 0.25) is 0 Å². The van der Waals surface area contributed by atoms with E-state index in [1.54, 1.807) is 11.2 Å². The third-order valence-corrected chi connectivity index (χ3v) is 6.09. The van der Waals surface area contributed by atoms with Gasteiger partial charge in [-0.15, -0.1) is 0 Å². The van der Waals surface area contributed by atoms with Crippen molar-refractivity contribution in [3.8, 4) is 5.69 Å². The molecular formula is C31H46N6O4. The number of aliphatic hydroxyl groups excluding tert-OH is 2. The SMILES string of the molecule is C/C=C\N(N)c1ccc(C(C)NC)cc1.CC.O=CC(O)C(O)C(=O)N1CCCC1.c1ccc(-n2cccn2)cc1. The molecule has 41 heavy (non-hydrogen) atoms. The minimum Gasteiger partial charge on any atom is -0.382 e. The van der Waals surface area contributed by atoms with Crippen LogP contribution in [0.25, 0.3) is 5.69 Å². The number of allylic oxidation sites excluding steroid dienone is 1. The van der Waals surface area contributed by atoms with Crippen molar-refractivity contribution in [3.05, 3.63) is 90.9 Å². The lowest BCUT2D eigenvalue weighted by Gasteiger charge is -2.20. The van der Waals surface area contributed by atoms with Gasteiger partial charge in [0.15, 0.2) is 12.4 Å². The maximum Gasteiger partial charge on any atom is 0.254 e. The van der Waals surface area contributed by atoms with Crippen LogP contribution in [0.4, 0.5) is 5.69 Å². The van der Waals surface area contributed by atoms with Gasteiger partial charge in [0, 0.05) is 37.7 Å². The van der Waals surface area contributed by atoms with Crippen molar-refractivity contribution in [2.75, 3.05) is 25.1 Å². The van der Waals surface area contributed by atoms with Gasteiger partial charge in [0.05, 0.1) is 11.4 Å². The van der Waals surface area contributed by atoms with Crippen LogP contribution in [0.15, 0.2) is 85.3 Å². The van der Waals surface area contributed by atoms with E-state index in [4.69, 9.17) is 10.9 Å². The molecule has 0 spiro atoms. The molecule has 0 bridgehead atoms. The second-order valence-corrected chi connectivity index (χ2v) is 8.88. The summed E-state index contributed by atoms with van der Waals surface area (Å²) in [6.07, 6.45) is 6.22. The molecule has 3 atom stereocenters. The molecule has 4 rings (SSSR count). The molecule has 2 heterocycles. The summed E-state index contributed by atoms with van der Waals surface area (Å²) in [5.74, 6) is 5.24. The van der Waals surface area contributed by atoms with Crippen LogP contribution >= 0.6 is 0 Å². The second-order valence-electron chi connectivity index (χ2n) is 8.88.